The Balaban J connectivity index is 7.70. The summed E-state index contributed by atoms with van der Waals surface area (Å²) in [4.78, 5) is 0. The van der Waals surface area contributed by atoms with E-state index in [0.717, 1.165) is 0 Å². The molecule has 0 saturated carbocycles. The molecule has 0 radical (unpaired) electrons. The normalized spacial score (nSPS) is 16.3. The Bertz CT molecular complexity index is 444. The molecule has 0 heterocycles. The van der Waals surface area contributed by atoms with E-state index in [9.17, 15) is 0 Å². The molecule has 0 aromatic carbocycles. The molecule has 0 saturated heterocycles. The second-order valence-corrected chi connectivity index (χ2v) is 58.1. The number of hydrogen-bond donors (Lipinski definition) is 0. The Morgan fingerprint density at radius 3 is 0.517 bits per heavy atom. The van der Waals surface area contributed by atoms with Crippen molar-refractivity contribution < 1.29 is 0 Å². The fourth-order valence-electron chi connectivity index (χ4n) is 5.88. The van der Waals surface area contributed by atoms with Gasteiger partial charge in [0.1, 0.15) is 0 Å². The van der Waals surface area contributed by atoms with Gasteiger partial charge in [-0.2, -0.15) is 0 Å². The number of rotatable bonds is 9. The molecular formula is C18H54ClGeN3Si6. The summed E-state index contributed by atoms with van der Waals surface area (Å²) >= 11 is -3.34. The maximum absolute atomic E-state index is 8.52. The van der Waals surface area contributed by atoms with Gasteiger partial charge >= 0.3 is 200 Å². The van der Waals surface area contributed by atoms with Gasteiger partial charge in [-0.3, -0.25) is 0 Å². The van der Waals surface area contributed by atoms with Gasteiger partial charge in [-0.05, 0) is 0 Å². The molecule has 0 aromatic heterocycles. The van der Waals surface area contributed by atoms with Crippen LogP contribution in [0.3, 0.4) is 0 Å². The predicted octanol–water partition coefficient (Wildman–Crippen LogP) is 7.58. The molecule has 3 nitrogen and oxygen atoms in total. The van der Waals surface area contributed by atoms with Crippen LogP contribution in [0, 0.1) is 0 Å². The zero-order chi connectivity index (χ0) is 24.2. The van der Waals surface area contributed by atoms with Crippen molar-refractivity contribution in [2.75, 3.05) is 0 Å². The minimum atomic E-state index is -3.34. The van der Waals surface area contributed by atoms with E-state index in [0.29, 0.717) is 0 Å². The van der Waals surface area contributed by atoms with Crippen LogP contribution in [0.1, 0.15) is 0 Å². The van der Waals surface area contributed by atoms with Crippen molar-refractivity contribution in [2.24, 2.45) is 0 Å². The van der Waals surface area contributed by atoms with E-state index < -0.39 is 62.4 Å². The molecule has 176 valence electrons. The van der Waals surface area contributed by atoms with Gasteiger partial charge in [-0.1, -0.05) is 0 Å². The molecule has 0 N–H and O–H groups in total. The molecule has 29 heavy (non-hydrogen) atoms. The molecule has 0 atom stereocenters. The second-order valence-electron chi connectivity index (χ2n) is 14.6. The van der Waals surface area contributed by atoms with Crippen molar-refractivity contribution in [1.29, 1.82) is 0 Å². The van der Waals surface area contributed by atoms with E-state index in [-0.39, 0.29) is 0 Å². The number of nitrogens with zero attached hydrogens (tertiary/aromatic N) is 3. The van der Waals surface area contributed by atoms with E-state index in [1.54, 1.807) is 0 Å². The Morgan fingerprint density at radius 1 is 0.345 bits per heavy atom. The zero-order valence-corrected chi connectivity index (χ0v) is 32.1. The first-order valence-electron chi connectivity index (χ1n) is 11.2. The third kappa shape index (κ3) is 7.51. The quantitative estimate of drug-likeness (QED) is 0.257. The summed E-state index contributed by atoms with van der Waals surface area (Å²) in [5, 5.41) is 0. The molecule has 0 spiro atoms. The van der Waals surface area contributed by atoms with Gasteiger partial charge in [0.05, 0.1) is 0 Å². The van der Waals surface area contributed by atoms with Crippen molar-refractivity contribution in [1.82, 2.24) is 9.56 Å². The van der Waals surface area contributed by atoms with Gasteiger partial charge in [0.25, 0.3) is 0 Å². The van der Waals surface area contributed by atoms with Gasteiger partial charge in [-0.25, -0.2) is 0 Å². The molecule has 0 rings (SSSR count). The van der Waals surface area contributed by atoms with Crippen LogP contribution in [0.15, 0.2) is 0 Å². The standard InChI is InChI=1S/C18H54ClGeN3Si6/c1-24(2,3)21(25(4,5)6)20(19,22(26(7,8)9)27(10,11)12)23(28(13,14)15)29(16,17)18/h1-18H3. The third-order valence-electron chi connectivity index (χ3n) is 4.88. The van der Waals surface area contributed by atoms with Crippen molar-refractivity contribution in [3.05, 3.63) is 0 Å². The van der Waals surface area contributed by atoms with Crippen LogP contribution in [-0.4, -0.2) is 72.0 Å². The van der Waals surface area contributed by atoms with E-state index in [4.69, 9.17) is 10.0 Å². The average molecular weight is 589 g/mol. The molecule has 0 amide bonds. The average Bonchev–Trinajstić information content (AvgIpc) is 2.11. The monoisotopic (exact) mass is 589 g/mol. The maximum atomic E-state index is 8.52. The van der Waals surface area contributed by atoms with Gasteiger partial charge in [-0.15, -0.1) is 0 Å². The summed E-state index contributed by atoms with van der Waals surface area (Å²) in [5.74, 6) is 0. The van der Waals surface area contributed by atoms with Crippen LogP contribution in [0.25, 0.3) is 0 Å². The molecule has 0 aliphatic heterocycles. The minimum absolute atomic E-state index is 1.65. The molecule has 11 heteroatoms. The van der Waals surface area contributed by atoms with E-state index >= 15 is 0 Å². The Hall–Kier alpha value is 2.01. The first-order valence-corrected chi connectivity index (χ1v) is 37.5. The first kappa shape index (κ1) is 31.0. The van der Waals surface area contributed by atoms with Crippen LogP contribution in [0.4, 0.5) is 0 Å². The van der Waals surface area contributed by atoms with Crippen LogP contribution in [-0.2, 0) is 0 Å². The molecular weight excluding hydrogens is 535 g/mol. The van der Waals surface area contributed by atoms with Crippen molar-refractivity contribution in [3.8, 4) is 0 Å². The first-order chi connectivity index (χ1) is 12.1. The topological polar surface area (TPSA) is 9.72 Å². The molecule has 0 aromatic rings. The summed E-state index contributed by atoms with van der Waals surface area (Å²) in [5.41, 5.74) is 0. The Morgan fingerprint density at radius 2 is 0.448 bits per heavy atom. The van der Waals surface area contributed by atoms with Crippen LogP contribution in [0.2, 0.25) is 118 Å². The number of hydrogen-bond acceptors (Lipinski definition) is 3. The fourth-order valence-corrected chi connectivity index (χ4v) is 105. The van der Waals surface area contributed by atoms with Gasteiger partial charge in [0, 0.05) is 0 Å². The van der Waals surface area contributed by atoms with Gasteiger partial charge in [0.15, 0.2) is 0 Å². The third-order valence-corrected chi connectivity index (χ3v) is 70.7. The Labute approximate surface area is 198 Å². The van der Waals surface area contributed by atoms with Gasteiger partial charge < -0.3 is 0 Å². The van der Waals surface area contributed by atoms with Crippen molar-refractivity contribution >= 4 is 72.4 Å². The summed E-state index contributed by atoms with van der Waals surface area (Å²) in [6, 6.07) is 0. The summed E-state index contributed by atoms with van der Waals surface area (Å²) < 4.78 is 9.36. The van der Waals surface area contributed by atoms with E-state index in [1.807, 2.05) is 0 Å². The molecule has 0 aliphatic carbocycles. The van der Waals surface area contributed by atoms with Crippen LogP contribution in [0.5, 0.6) is 0 Å². The molecule has 0 fully saturated rings. The summed E-state index contributed by atoms with van der Waals surface area (Å²) in [7, 11) is -1.36. The fraction of sp³-hybridized carbons (Fsp3) is 1.00. The number of halogens is 1. The van der Waals surface area contributed by atoms with E-state index in [1.165, 1.54) is 0 Å². The van der Waals surface area contributed by atoms with Crippen LogP contribution < -0.4 is 0 Å². The van der Waals surface area contributed by atoms with E-state index in [2.05, 4.69) is 127 Å². The molecule has 0 bridgehead atoms. The van der Waals surface area contributed by atoms with Crippen LogP contribution >= 0.6 is 10.0 Å². The molecule has 0 aliphatic rings. The zero-order valence-electron chi connectivity index (χ0n) is 23.2. The SMILES string of the molecule is C[Si](C)(C)[N]([Si](C)(C)C)[Ge]([Cl])([N]([Si](C)(C)C)[Si](C)(C)C)[N]([Si](C)(C)C)[Si](C)(C)C. The van der Waals surface area contributed by atoms with Crippen molar-refractivity contribution in [2.45, 2.75) is 118 Å². The predicted molar refractivity (Wildman–Crippen MR) is 157 cm³/mol. The van der Waals surface area contributed by atoms with Gasteiger partial charge in [0.2, 0.25) is 0 Å². The molecule has 0 unspecified atom stereocenters. The summed E-state index contributed by atoms with van der Waals surface area (Å²) in [6.07, 6.45) is 0. The van der Waals surface area contributed by atoms with Crippen molar-refractivity contribution in [3.63, 3.8) is 0 Å². The second kappa shape index (κ2) is 8.99. The Kier molecular flexibility index (Phi) is 9.61. The summed E-state index contributed by atoms with van der Waals surface area (Å²) in [6.45, 7) is 46.1.